The molecule has 0 fully saturated rings. The van der Waals surface area contributed by atoms with Crippen LogP contribution >= 0.6 is 11.6 Å². The second-order valence-electron chi connectivity index (χ2n) is 4.13. The first-order valence-corrected chi connectivity index (χ1v) is 7.84. The predicted octanol–water partition coefficient (Wildman–Crippen LogP) is 2.25. The Hall–Kier alpha value is -1.33. The summed E-state index contributed by atoms with van der Waals surface area (Å²) in [5, 5.41) is 4.82. The Morgan fingerprint density at radius 3 is 2.50 bits per heavy atom. The van der Waals surface area contributed by atoms with Gasteiger partial charge in [0.1, 0.15) is 9.84 Å². The van der Waals surface area contributed by atoms with Crippen LogP contribution in [0, 0.1) is 0 Å². The van der Waals surface area contributed by atoms with Crippen molar-refractivity contribution < 1.29 is 8.42 Å². The third-order valence-electron chi connectivity index (χ3n) is 2.50. The number of aryl methyl sites for hydroxylation is 1. The maximum atomic E-state index is 11.1. The normalized spacial score (nSPS) is 11.7. The van der Waals surface area contributed by atoms with Crippen LogP contribution in [0.1, 0.15) is 0 Å². The standard InChI is InChI=1S/C12H13ClN2O2S/c1-18(16,17)7-6-15-9-11(8-14-15)10-2-4-12(13)5-3-10/h2-5,8-9H,6-7H2,1H3. The molecular formula is C12H13ClN2O2S. The van der Waals surface area contributed by atoms with Crippen LogP contribution in [0.2, 0.25) is 5.02 Å². The highest BCUT2D eigenvalue weighted by Crippen LogP contribution is 2.20. The summed E-state index contributed by atoms with van der Waals surface area (Å²) in [6, 6.07) is 7.43. The average molecular weight is 285 g/mol. The number of hydrogen-bond acceptors (Lipinski definition) is 3. The largest absolute Gasteiger partial charge is 0.271 e. The lowest BCUT2D eigenvalue weighted by molar-refractivity contribution is 0.586. The van der Waals surface area contributed by atoms with Gasteiger partial charge in [-0.05, 0) is 17.7 Å². The van der Waals surface area contributed by atoms with E-state index in [1.165, 1.54) is 6.26 Å². The first-order chi connectivity index (χ1) is 8.44. The van der Waals surface area contributed by atoms with E-state index in [0.717, 1.165) is 11.1 Å². The van der Waals surface area contributed by atoms with E-state index in [1.54, 1.807) is 10.9 Å². The average Bonchev–Trinajstić information content (AvgIpc) is 2.75. The van der Waals surface area contributed by atoms with Gasteiger partial charge >= 0.3 is 0 Å². The van der Waals surface area contributed by atoms with Crippen LogP contribution in [0.25, 0.3) is 11.1 Å². The summed E-state index contributed by atoms with van der Waals surface area (Å²) < 4.78 is 23.8. The minimum atomic E-state index is -2.96. The second-order valence-corrected chi connectivity index (χ2v) is 6.83. The molecule has 96 valence electrons. The zero-order valence-corrected chi connectivity index (χ0v) is 11.4. The fourth-order valence-corrected chi connectivity index (χ4v) is 2.18. The summed E-state index contributed by atoms with van der Waals surface area (Å²) in [7, 11) is -2.96. The van der Waals surface area contributed by atoms with Gasteiger partial charge in [0.05, 0.1) is 18.5 Å². The minimum absolute atomic E-state index is 0.0920. The number of rotatable bonds is 4. The summed E-state index contributed by atoms with van der Waals surface area (Å²) in [4.78, 5) is 0. The van der Waals surface area contributed by atoms with Crippen molar-refractivity contribution in [1.82, 2.24) is 9.78 Å². The summed E-state index contributed by atoms with van der Waals surface area (Å²) in [6.45, 7) is 0.367. The molecule has 0 aliphatic carbocycles. The fraction of sp³-hybridized carbons (Fsp3) is 0.250. The van der Waals surface area contributed by atoms with Crippen LogP contribution in [-0.2, 0) is 16.4 Å². The molecular weight excluding hydrogens is 272 g/mol. The zero-order chi connectivity index (χ0) is 13.2. The van der Waals surface area contributed by atoms with Crippen LogP contribution in [-0.4, -0.2) is 30.2 Å². The molecule has 0 unspecified atom stereocenters. The Labute approximate surface area is 111 Å². The Balaban J connectivity index is 2.13. The van der Waals surface area contributed by atoms with Crippen LogP contribution in [0.3, 0.4) is 0 Å². The molecule has 4 nitrogen and oxygen atoms in total. The maximum absolute atomic E-state index is 11.1. The number of nitrogens with zero attached hydrogens (tertiary/aromatic N) is 2. The second kappa shape index (κ2) is 5.12. The van der Waals surface area contributed by atoms with Gasteiger partial charge in [-0.25, -0.2) is 8.42 Å². The maximum Gasteiger partial charge on any atom is 0.149 e. The quantitative estimate of drug-likeness (QED) is 0.865. The Bertz CT molecular complexity index is 632. The molecule has 0 spiro atoms. The van der Waals surface area contributed by atoms with Crippen molar-refractivity contribution in [2.45, 2.75) is 6.54 Å². The monoisotopic (exact) mass is 284 g/mol. The third-order valence-corrected chi connectivity index (χ3v) is 3.68. The first kappa shape index (κ1) is 13.1. The van der Waals surface area contributed by atoms with E-state index in [0.29, 0.717) is 11.6 Å². The van der Waals surface area contributed by atoms with Gasteiger partial charge in [0.25, 0.3) is 0 Å². The van der Waals surface area contributed by atoms with Crippen molar-refractivity contribution in [2.24, 2.45) is 0 Å². The first-order valence-electron chi connectivity index (χ1n) is 5.40. The van der Waals surface area contributed by atoms with Crippen LogP contribution in [0.15, 0.2) is 36.7 Å². The topological polar surface area (TPSA) is 52.0 Å². The fourth-order valence-electron chi connectivity index (χ4n) is 1.54. The van der Waals surface area contributed by atoms with Gasteiger partial charge in [0.2, 0.25) is 0 Å². The van der Waals surface area contributed by atoms with Crippen LogP contribution < -0.4 is 0 Å². The summed E-state index contributed by atoms with van der Waals surface area (Å²) in [5.74, 6) is 0.0920. The molecule has 0 amide bonds. The molecule has 0 N–H and O–H groups in total. The van der Waals surface area contributed by atoms with Crippen molar-refractivity contribution in [2.75, 3.05) is 12.0 Å². The molecule has 1 aromatic carbocycles. The van der Waals surface area contributed by atoms with E-state index < -0.39 is 9.84 Å². The summed E-state index contributed by atoms with van der Waals surface area (Å²) in [6.07, 6.45) is 4.76. The van der Waals surface area contributed by atoms with Gasteiger partial charge < -0.3 is 0 Å². The number of sulfone groups is 1. The van der Waals surface area contributed by atoms with E-state index in [-0.39, 0.29) is 5.75 Å². The van der Waals surface area contributed by atoms with Gasteiger partial charge in [-0.1, -0.05) is 23.7 Å². The molecule has 1 aromatic heterocycles. The zero-order valence-electron chi connectivity index (χ0n) is 9.88. The highest BCUT2D eigenvalue weighted by molar-refractivity contribution is 7.90. The van der Waals surface area contributed by atoms with Gasteiger partial charge in [0, 0.05) is 23.0 Å². The lowest BCUT2D eigenvalue weighted by Gasteiger charge is -1.99. The van der Waals surface area contributed by atoms with Crippen LogP contribution in [0.5, 0.6) is 0 Å². The number of halogens is 1. The SMILES string of the molecule is CS(=O)(=O)CCn1cc(-c2ccc(Cl)cc2)cn1. The number of hydrogen-bond donors (Lipinski definition) is 0. The van der Waals surface area contributed by atoms with Crippen molar-refractivity contribution in [3.8, 4) is 11.1 Å². The van der Waals surface area contributed by atoms with Gasteiger partial charge in [-0.3, -0.25) is 4.68 Å². The minimum Gasteiger partial charge on any atom is -0.271 e. The molecule has 0 bridgehead atoms. The van der Waals surface area contributed by atoms with Crippen molar-refractivity contribution in [1.29, 1.82) is 0 Å². The molecule has 0 saturated carbocycles. The molecule has 2 rings (SSSR count). The molecule has 2 aromatic rings. The van der Waals surface area contributed by atoms with E-state index >= 15 is 0 Å². The van der Waals surface area contributed by atoms with Crippen molar-refractivity contribution in [3.63, 3.8) is 0 Å². The Morgan fingerprint density at radius 2 is 1.89 bits per heavy atom. The summed E-state index contributed by atoms with van der Waals surface area (Å²) >= 11 is 5.82. The third kappa shape index (κ3) is 3.58. The van der Waals surface area contributed by atoms with Gasteiger partial charge in [0.15, 0.2) is 0 Å². The summed E-state index contributed by atoms with van der Waals surface area (Å²) in [5.41, 5.74) is 1.95. The molecule has 18 heavy (non-hydrogen) atoms. The number of benzene rings is 1. The van der Waals surface area contributed by atoms with Crippen molar-refractivity contribution in [3.05, 3.63) is 41.7 Å². The molecule has 1 heterocycles. The smallest absolute Gasteiger partial charge is 0.149 e. The molecule has 0 radical (unpaired) electrons. The van der Waals surface area contributed by atoms with Gasteiger partial charge in [-0.15, -0.1) is 0 Å². The van der Waals surface area contributed by atoms with E-state index in [1.807, 2.05) is 30.5 Å². The molecule has 0 atom stereocenters. The Kier molecular flexibility index (Phi) is 3.73. The lowest BCUT2D eigenvalue weighted by atomic mass is 10.1. The van der Waals surface area contributed by atoms with Crippen molar-refractivity contribution >= 4 is 21.4 Å². The van der Waals surface area contributed by atoms with E-state index in [2.05, 4.69) is 5.10 Å². The highest BCUT2D eigenvalue weighted by Gasteiger charge is 2.05. The number of aromatic nitrogens is 2. The van der Waals surface area contributed by atoms with E-state index in [9.17, 15) is 8.42 Å². The molecule has 0 aliphatic rings. The Morgan fingerprint density at radius 1 is 1.22 bits per heavy atom. The lowest BCUT2D eigenvalue weighted by Crippen LogP contribution is -2.11. The van der Waals surface area contributed by atoms with E-state index in [4.69, 9.17) is 11.6 Å². The molecule has 6 heteroatoms. The molecule has 0 saturated heterocycles. The predicted molar refractivity (Wildman–Crippen MR) is 72.4 cm³/mol. The molecule has 0 aliphatic heterocycles. The highest BCUT2D eigenvalue weighted by atomic mass is 35.5. The van der Waals surface area contributed by atoms with Gasteiger partial charge in [-0.2, -0.15) is 5.10 Å². The van der Waals surface area contributed by atoms with Crippen LogP contribution in [0.4, 0.5) is 0 Å².